The maximum atomic E-state index is 6.10. The van der Waals surface area contributed by atoms with Crippen molar-refractivity contribution in [3.8, 4) is 0 Å². The van der Waals surface area contributed by atoms with Gasteiger partial charge in [-0.25, -0.2) is 0 Å². The molecular formula is C14H22ClN3. The van der Waals surface area contributed by atoms with Crippen molar-refractivity contribution in [1.82, 2.24) is 4.90 Å². The molecule has 1 aromatic rings. The van der Waals surface area contributed by atoms with Gasteiger partial charge in [-0.15, -0.1) is 0 Å². The number of nitrogens with zero attached hydrogens (tertiary/aromatic N) is 1. The molecule has 1 saturated heterocycles. The molecule has 3 nitrogen and oxygen atoms in total. The summed E-state index contributed by atoms with van der Waals surface area (Å²) in [5.41, 5.74) is 13.7. The first-order chi connectivity index (χ1) is 8.71. The second-order valence-electron chi connectivity index (χ2n) is 5.13. The molecule has 4 N–H and O–H groups in total. The van der Waals surface area contributed by atoms with E-state index in [1.807, 2.05) is 12.1 Å². The highest BCUT2D eigenvalue weighted by Gasteiger charge is 2.18. The summed E-state index contributed by atoms with van der Waals surface area (Å²) < 4.78 is 0. The Morgan fingerprint density at radius 2 is 1.78 bits per heavy atom. The van der Waals surface area contributed by atoms with Crippen LogP contribution in [0.25, 0.3) is 0 Å². The fourth-order valence-corrected chi connectivity index (χ4v) is 2.85. The molecule has 100 valence electrons. The Balaban J connectivity index is 1.95. The van der Waals surface area contributed by atoms with Crippen LogP contribution in [-0.2, 0) is 13.1 Å². The van der Waals surface area contributed by atoms with Crippen LogP contribution < -0.4 is 11.5 Å². The third kappa shape index (κ3) is 3.69. The number of nitrogens with two attached hydrogens (primary N) is 2. The van der Waals surface area contributed by atoms with Crippen LogP contribution in [0.3, 0.4) is 0 Å². The molecule has 0 saturated carbocycles. The number of rotatable bonds is 4. The van der Waals surface area contributed by atoms with E-state index in [1.165, 1.54) is 18.4 Å². The molecular weight excluding hydrogens is 246 g/mol. The standard InChI is InChI=1S/C14H22ClN3/c15-14-6-12(9-17)5-13(7-14)10-18-3-1-11(8-16)2-4-18/h5-7,11H,1-4,8-10,16-17H2. The Kier molecular flexibility index (Phi) is 5.01. The van der Waals surface area contributed by atoms with Crippen LogP contribution in [-0.4, -0.2) is 24.5 Å². The van der Waals surface area contributed by atoms with E-state index in [1.54, 1.807) is 0 Å². The lowest BCUT2D eigenvalue weighted by molar-refractivity contribution is 0.180. The zero-order valence-electron chi connectivity index (χ0n) is 10.7. The van der Waals surface area contributed by atoms with Crippen molar-refractivity contribution in [2.24, 2.45) is 17.4 Å². The third-order valence-corrected chi connectivity index (χ3v) is 3.92. The van der Waals surface area contributed by atoms with E-state index >= 15 is 0 Å². The molecule has 4 heteroatoms. The lowest BCUT2D eigenvalue weighted by atomic mass is 9.96. The summed E-state index contributed by atoms with van der Waals surface area (Å²) in [4.78, 5) is 2.47. The molecule has 0 bridgehead atoms. The van der Waals surface area contributed by atoms with Crippen LogP contribution in [0.1, 0.15) is 24.0 Å². The minimum atomic E-state index is 0.544. The molecule has 1 fully saturated rings. The Hall–Kier alpha value is -0.610. The highest BCUT2D eigenvalue weighted by molar-refractivity contribution is 6.30. The zero-order chi connectivity index (χ0) is 13.0. The van der Waals surface area contributed by atoms with Gasteiger partial charge < -0.3 is 11.5 Å². The quantitative estimate of drug-likeness (QED) is 0.877. The molecule has 0 amide bonds. The van der Waals surface area contributed by atoms with Gasteiger partial charge in [0.2, 0.25) is 0 Å². The number of likely N-dealkylation sites (tertiary alicyclic amines) is 1. The van der Waals surface area contributed by atoms with Crippen LogP contribution in [0, 0.1) is 5.92 Å². The summed E-state index contributed by atoms with van der Waals surface area (Å²) in [6, 6.07) is 6.13. The van der Waals surface area contributed by atoms with E-state index in [4.69, 9.17) is 23.1 Å². The maximum absolute atomic E-state index is 6.10. The van der Waals surface area contributed by atoms with Gasteiger partial charge in [0.1, 0.15) is 0 Å². The van der Waals surface area contributed by atoms with Gasteiger partial charge in [0.05, 0.1) is 0 Å². The first kappa shape index (κ1) is 13.8. The number of hydrogen-bond acceptors (Lipinski definition) is 3. The first-order valence-electron chi connectivity index (χ1n) is 6.62. The predicted octanol–water partition coefficient (Wildman–Crippen LogP) is 1.97. The number of piperidine rings is 1. The number of hydrogen-bond donors (Lipinski definition) is 2. The molecule has 0 spiro atoms. The molecule has 0 radical (unpaired) electrons. The van der Waals surface area contributed by atoms with Crippen molar-refractivity contribution in [1.29, 1.82) is 0 Å². The van der Waals surface area contributed by atoms with Gasteiger partial charge in [0.15, 0.2) is 0 Å². The molecule has 1 heterocycles. The highest BCUT2D eigenvalue weighted by Crippen LogP contribution is 2.20. The lowest BCUT2D eigenvalue weighted by Crippen LogP contribution is -2.35. The van der Waals surface area contributed by atoms with Gasteiger partial charge in [0.25, 0.3) is 0 Å². The third-order valence-electron chi connectivity index (χ3n) is 3.70. The van der Waals surface area contributed by atoms with Crippen molar-refractivity contribution in [2.75, 3.05) is 19.6 Å². The van der Waals surface area contributed by atoms with Gasteiger partial charge >= 0.3 is 0 Å². The van der Waals surface area contributed by atoms with Crippen molar-refractivity contribution in [3.63, 3.8) is 0 Å². The predicted molar refractivity (Wildman–Crippen MR) is 76.4 cm³/mol. The SMILES string of the molecule is NCc1cc(Cl)cc(CN2CCC(CN)CC2)c1. The molecule has 1 aliphatic rings. The van der Waals surface area contributed by atoms with Gasteiger partial charge in [-0.2, -0.15) is 0 Å². The molecule has 0 unspecified atom stereocenters. The Bertz CT molecular complexity index is 387. The van der Waals surface area contributed by atoms with E-state index in [0.29, 0.717) is 12.5 Å². The van der Waals surface area contributed by atoms with Crippen LogP contribution >= 0.6 is 11.6 Å². The van der Waals surface area contributed by atoms with E-state index in [-0.39, 0.29) is 0 Å². The fraction of sp³-hybridized carbons (Fsp3) is 0.571. The Morgan fingerprint density at radius 3 is 2.39 bits per heavy atom. The minimum absolute atomic E-state index is 0.544. The highest BCUT2D eigenvalue weighted by atomic mass is 35.5. The smallest absolute Gasteiger partial charge is 0.0412 e. The van der Waals surface area contributed by atoms with E-state index < -0.39 is 0 Å². The van der Waals surface area contributed by atoms with Gasteiger partial charge in [-0.05, 0) is 61.7 Å². The maximum Gasteiger partial charge on any atom is 0.0412 e. The molecule has 0 atom stereocenters. The summed E-state index contributed by atoms with van der Waals surface area (Å²) in [7, 11) is 0. The topological polar surface area (TPSA) is 55.3 Å². The van der Waals surface area contributed by atoms with Gasteiger partial charge in [-0.3, -0.25) is 4.90 Å². The summed E-state index contributed by atoms with van der Waals surface area (Å²) in [6.45, 7) is 4.59. The average Bonchev–Trinajstić information content (AvgIpc) is 2.39. The van der Waals surface area contributed by atoms with Gasteiger partial charge in [-0.1, -0.05) is 17.7 Å². The second-order valence-corrected chi connectivity index (χ2v) is 5.56. The van der Waals surface area contributed by atoms with Crippen LogP contribution in [0.5, 0.6) is 0 Å². The number of benzene rings is 1. The monoisotopic (exact) mass is 267 g/mol. The van der Waals surface area contributed by atoms with Crippen LogP contribution in [0.2, 0.25) is 5.02 Å². The van der Waals surface area contributed by atoms with Crippen molar-refractivity contribution in [3.05, 3.63) is 34.3 Å². The second kappa shape index (κ2) is 6.53. The molecule has 0 aromatic heterocycles. The van der Waals surface area contributed by atoms with E-state index in [0.717, 1.165) is 36.8 Å². The summed E-state index contributed by atoms with van der Waals surface area (Å²) in [5, 5.41) is 0.782. The fourth-order valence-electron chi connectivity index (χ4n) is 2.56. The van der Waals surface area contributed by atoms with Crippen molar-refractivity contribution >= 4 is 11.6 Å². The summed E-state index contributed by atoms with van der Waals surface area (Å²) in [5.74, 6) is 0.709. The largest absolute Gasteiger partial charge is 0.330 e. The Morgan fingerprint density at radius 1 is 1.11 bits per heavy atom. The lowest BCUT2D eigenvalue weighted by Gasteiger charge is -2.31. The molecule has 1 aliphatic heterocycles. The zero-order valence-corrected chi connectivity index (χ0v) is 11.5. The van der Waals surface area contributed by atoms with Gasteiger partial charge in [0, 0.05) is 18.1 Å². The van der Waals surface area contributed by atoms with Crippen LogP contribution in [0.15, 0.2) is 18.2 Å². The van der Waals surface area contributed by atoms with Crippen molar-refractivity contribution < 1.29 is 0 Å². The molecule has 1 aromatic carbocycles. The summed E-state index contributed by atoms with van der Waals surface area (Å²) >= 11 is 6.10. The molecule has 18 heavy (non-hydrogen) atoms. The van der Waals surface area contributed by atoms with E-state index in [2.05, 4.69) is 11.0 Å². The van der Waals surface area contributed by atoms with Crippen LogP contribution in [0.4, 0.5) is 0 Å². The first-order valence-corrected chi connectivity index (χ1v) is 7.00. The number of halogens is 1. The minimum Gasteiger partial charge on any atom is -0.330 e. The molecule has 0 aliphatic carbocycles. The average molecular weight is 268 g/mol. The van der Waals surface area contributed by atoms with Crippen molar-refractivity contribution in [2.45, 2.75) is 25.9 Å². The Labute approximate surface area is 114 Å². The normalized spacial score (nSPS) is 18.2. The van der Waals surface area contributed by atoms with E-state index in [9.17, 15) is 0 Å². The molecule has 2 rings (SSSR count). The summed E-state index contributed by atoms with van der Waals surface area (Å²) in [6.07, 6.45) is 2.42.